The van der Waals surface area contributed by atoms with Crippen LogP contribution in [0, 0.1) is 0 Å². The first-order valence-corrected chi connectivity index (χ1v) is 15.1. The second-order valence-electron chi connectivity index (χ2n) is 10.2. The Morgan fingerprint density at radius 1 is 0.771 bits per heavy atom. The molecule has 1 heterocycles. The molecule has 0 aliphatic heterocycles. The van der Waals surface area contributed by atoms with Crippen LogP contribution in [0.25, 0.3) is 22.2 Å². The number of nitrogens with one attached hydrogen (secondary N) is 1. The van der Waals surface area contributed by atoms with Gasteiger partial charge in [0.15, 0.2) is 0 Å². The highest BCUT2D eigenvalue weighted by molar-refractivity contribution is 7.99. The van der Waals surface area contributed by atoms with E-state index in [0.717, 1.165) is 30.2 Å². The van der Waals surface area contributed by atoms with Gasteiger partial charge in [0.1, 0.15) is 11.5 Å². The SMILES string of the molecule is CCCCCSCCCCCCCCCCc1cc(O)cc2c1-c1[nH]c3ccc(O)cc3c1CC2. The van der Waals surface area contributed by atoms with Crippen molar-refractivity contribution in [3.63, 3.8) is 0 Å². The molecule has 0 bridgehead atoms. The molecule has 1 aromatic heterocycles. The fourth-order valence-corrected chi connectivity index (χ4v) is 6.59. The van der Waals surface area contributed by atoms with Crippen LogP contribution in [0.5, 0.6) is 11.5 Å². The van der Waals surface area contributed by atoms with E-state index in [1.807, 2.05) is 24.3 Å². The Morgan fingerprint density at radius 2 is 1.49 bits per heavy atom. The number of benzene rings is 2. The molecule has 3 aromatic rings. The van der Waals surface area contributed by atoms with E-state index in [4.69, 9.17) is 0 Å². The van der Waals surface area contributed by atoms with Crippen LogP contribution in [0.1, 0.15) is 94.2 Å². The Bertz CT molecular complexity index is 1090. The van der Waals surface area contributed by atoms with Crippen LogP contribution in [0.15, 0.2) is 30.3 Å². The molecule has 0 radical (unpaired) electrons. The lowest BCUT2D eigenvalue weighted by molar-refractivity contribution is 0.473. The number of H-pyrrole nitrogens is 1. The van der Waals surface area contributed by atoms with Crippen LogP contribution in [-0.2, 0) is 19.3 Å². The minimum absolute atomic E-state index is 0.317. The summed E-state index contributed by atoms with van der Waals surface area (Å²) in [6.07, 6.45) is 17.6. The van der Waals surface area contributed by atoms with Crippen LogP contribution in [-0.4, -0.2) is 26.7 Å². The summed E-state index contributed by atoms with van der Waals surface area (Å²) >= 11 is 2.14. The van der Waals surface area contributed by atoms with E-state index in [1.165, 1.54) is 110 Å². The first kappa shape index (κ1) is 26.0. The van der Waals surface area contributed by atoms with E-state index in [2.05, 4.69) is 23.7 Å². The highest BCUT2D eigenvalue weighted by Crippen LogP contribution is 2.42. The molecule has 0 unspecified atom stereocenters. The van der Waals surface area contributed by atoms with Crippen molar-refractivity contribution in [1.82, 2.24) is 4.98 Å². The van der Waals surface area contributed by atoms with E-state index in [1.54, 1.807) is 6.07 Å². The molecule has 0 amide bonds. The number of rotatable bonds is 15. The lowest BCUT2D eigenvalue weighted by Crippen LogP contribution is -2.06. The van der Waals surface area contributed by atoms with E-state index in [0.29, 0.717) is 11.5 Å². The van der Waals surface area contributed by atoms with E-state index < -0.39 is 0 Å². The van der Waals surface area contributed by atoms with Crippen molar-refractivity contribution >= 4 is 22.7 Å². The number of hydrogen-bond donors (Lipinski definition) is 3. The van der Waals surface area contributed by atoms with Gasteiger partial charge in [-0.2, -0.15) is 11.8 Å². The molecule has 35 heavy (non-hydrogen) atoms. The Labute approximate surface area is 215 Å². The third-order valence-electron chi connectivity index (χ3n) is 7.45. The van der Waals surface area contributed by atoms with Gasteiger partial charge >= 0.3 is 0 Å². The van der Waals surface area contributed by atoms with Gasteiger partial charge < -0.3 is 15.2 Å². The van der Waals surface area contributed by atoms with E-state index >= 15 is 0 Å². The predicted octanol–water partition coefficient (Wildman–Crippen LogP) is 8.93. The predicted molar refractivity (Wildman–Crippen MR) is 152 cm³/mol. The zero-order chi connectivity index (χ0) is 24.5. The number of aromatic nitrogens is 1. The second kappa shape index (κ2) is 13.3. The van der Waals surface area contributed by atoms with E-state index in [-0.39, 0.29) is 0 Å². The monoisotopic (exact) mass is 493 g/mol. The molecule has 2 aromatic carbocycles. The Morgan fingerprint density at radius 3 is 2.26 bits per heavy atom. The third-order valence-corrected chi connectivity index (χ3v) is 8.60. The molecular formula is C31H43NO2S. The summed E-state index contributed by atoms with van der Waals surface area (Å²) in [7, 11) is 0. The van der Waals surface area contributed by atoms with Crippen molar-refractivity contribution in [2.75, 3.05) is 11.5 Å². The van der Waals surface area contributed by atoms with Crippen molar-refractivity contribution in [3.8, 4) is 22.8 Å². The van der Waals surface area contributed by atoms with Crippen molar-refractivity contribution in [2.45, 2.75) is 96.8 Å². The molecule has 1 aliphatic carbocycles. The number of hydrogen-bond acceptors (Lipinski definition) is 3. The highest BCUT2D eigenvalue weighted by atomic mass is 32.2. The maximum absolute atomic E-state index is 10.4. The smallest absolute Gasteiger partial charge is 0.116 e. The quantitative estimate of drug-likeness (QED) is 0.185. The third kappa shape index (κ3) is 7.00. The zero-order valence-corrected chi connectivity index (χ0v) is 22.3. The summed E-state index contributed by atoms with van der Waals surface area (Å²) in [5.41, 5.74) is 7.35. The molecule has 0 atom stereocenters. The van der Waals surface area contributed by atoms with Crippen LogP contribution >= 0.6 is 11.8 Å². The number of aryl methyl sites for hydroxylation is 3. The first-order chi connectivity index (χ1) is 17.2. The van der Waals surface area contributed by atoms with Crippen LogP contribution in [0.4, 0.5) is 0 Å². The Balaban J connectivity index is 1.22. The van der Waals surface area contributed by atoms with Gasteiger partial charge in [-0.05, 0) is 97.1 Å². The molecule has 4 heteroatoms. The van der Waals surface area contributed by atoms with Crippen molar-refractivity contribution < 1.29 is 10.2 Å². The van der Waals surface area contributed by atoms with Gasteiger partial charge in [0.05, 0.1) is 5.69 Å². The molecule has 0 saturated heterocycles. The van der Waals surface area contributed by atoms with Gasteiger partial charge in [0, 0.05) is 16.5 Å². The summed E-state index contributed by atoms with van der Waals surface area (Å²) in [6, 6.07) is 9.50. The first-order valence-electron chi connectivity index (χ1n) is 13.9. The lowest BCUT2D eigenvalue weighted by atomic mass is 9.84. The fourth-order valence-electron chi connectivity index (χ4n) is 5.57. The summed E-state index contributed by atoms with van der Waals surface area (Å²) in [5.74, 6) is 3.40. The molecule has 0 saturated carbocycles. The Kier molecular flexibility index (Phi) is 9.88. The zero-order valence-electron chi connectivity index (χ0n) is 21.5. The minimum Gasteiger partial charge on any atom is -0.508 e. The van der Waals surface area contributed by atoms with E-state index in [9.17, 15) is 10.2 Å². The number of phenols is 2. The largest absolute Gasteiger partial charge is 0.508 e. The molecule has 0 fully saturated rings. The lowest BCUT2D eigenvalue weighted by Gasteiger charge is -2.21. The number of phenolic OH excluding ortho intramolecular Hbond substituents is 2. The van der Waals surface area contributed by atoms with Crippen molar-refractivity contribution in [3.05, 3.63) is 47.0 Å². The molecule has 190 valence electrons. The maximum Gasteiger partial charge on any atom is 0.116 e. The number of unbranched alkanes of at least 4 members (excludes halogenated alkanes) is 9. The van der Waals surface area contributed by atoms with Gasteiger partial charge in [0.2, 0.25) is 0 Å². The number of aromatic amines is 1. The molecule has 1 aliphatic rings. The molecular weight excluding hydrogens is 450 g/mol. The Hall–Kier alpha value is -2.07. The van der Waals surface area contributed by atoms with Gasteiger partial charge in [-0.25, -0.2) is 0 Å². The summed E-state index contributed by atoms with van der Waals surface area (Å²) in [4.78, 5) is 3.62. The van der Waals surface area contributed by atoms with Crippen molar-refractivity contribution in [2.24, 2.45) is 0 Å². The summed E-state index contributed by atoms with van der Waals surface area (Å²) < 4.78 is 0. The van der Waals surface area contributed by atoms with Gasteiger partial charge in [-0.1, -0.05) is 58.3 Å². The number of thioether (sulfide) groups is 1. The number of aromatic hydroxyl groups is 2. The van der Waals surface area contributed by atoms with Crippen LogP contribution in [0.3, 0.4) is 0 Å². The van der Waals surface area contributed by atoms with Gasteiger partial charge in [-0.15, -0.1) is 0 Å². The van der Waals surface area contributed by atoms with Gasteiger partial charge in [-0.3, -0.25) is 0 Å². The van der Waals surface area contributed by atoms with Crippen LogP contribution < -0.4 is 0 Å². The maximum atomic E-state index is 10.4. The molecule has 0 spiro atoms. The van der Waals surface area contributed by atoms with Crippen molar-refractivity contribution in [1.29, 1.82) is 0 Å². The normalized spacial score (nSPS) is 12.7. The average molecular weight is 494 g/mol. The summed E-state index contributed by atoms with van der Waals surface area (Å²) in [6.45, 7) is 2.28. The number of fused-ring (bicyclic) bond motifs is 5. The molecule has 4 rings (SSSR count). The average Bonchev–Trinajstić information content (AvgIpc) is 3.21. The van der Waals surface area contributed by atoms with Gasteiger partial charge in [0.25, 0.3) is 0 Å². The molecule has 3 N–H and O–H groups in total. The molecule has 3 nitrogen and oxygen atoms in total. The van der Waals surface area contributed by atoms with Crippen LogP contribution in [0.2, 0.25) is 0 Å². The summed E-state index contributed by atoms with van der Waals surface area (Å²) in [5, 5.41) is 21.5. The topological polar surface area (TPSA) is 56.2 Å². The fraction of sp³-hybridized carbons (Fsp3) is 0.548. The standard InChI is InChI=1S/C31H43NO2S/c1-2-3-11-18-35-19-12-9-7-5-4-6-8-10-13-23-20-26(34)21-24-14-16-27-28-22-25(33)15-17-29(28)32-31(27)30(23)24/h15,17,20-22,32-34H,2-14,16,18-19H2,1H3. The minimum atomic E-state index is 0.317. The second-order valence-corrected chi connectivity index (χ2v) is 11.5. The highest BCUT2D eigenvalue weighted by Gasteiger charge is 2.24.